The van der Waals surface area contributed by atoms with Crippen molar-refractivity contribution in [2.24, 2.45) is 5.92 Å². The van der Waals surface area contributed by atoms with Crippen molar-refractivity contribution in [3.8, 4) is 0 Å². The predicted molar refractivity (Wildman–Crippen MR) is 65.4 cm³/mol. The SMILES string of the molecule is O=C(O)C1CNCCC1c1cc2cnccc2o1. The van der Waals surface area contributed by atoms with E-state index >= 15 is 0 Å². The van der Waals surface area contributed by atoms with Crippen LogP contribution in [0.5, 0.6) is 0 Å². The lowest BCUT2D eigenvalue weighted by Gasteiger charge is -2.27. The normalized spacial score (nSPS) is 24.2. The molecule has 1 aliphatic rings. The second-order valence-electron chi connectivity index (χ2n) is 4.61. The van der Waals surface area contributed by atoms with Gasteiger partial charge in [0.15, 0.2) is 0 Å². The highest BCUT2D eigenvalue weighted by Gasteiger charge is 2.34. The zero-order chi connectivity index (χ0) is 12.5. The number of furan rings is 1. The summed E-state index contributed by atoms with van der Waals surface area (Å²) in [6, 6.07) is 3.71. The van der Waals surface area contributed by atoms with Gasteiger partial charge in [-0.25, -0.2) is 0 Å². The summed E-state index contributed by atoms with van der Waals surface area (Å²) >= 11 is 0. The molecular formula is C13H14N2O3. The molecule has 1 fully saturated rings. The first-order valence-electron chi connectivity index (χ1n) is 6.02. The van der Waals surface area contributed by atoms with Gasteiger partial charge in [0.25, 0.3) is 0 Å². The lowest BCUT2D eigenvalue weighted by Crippen LogP contribution is -2.39. The Hall–Kier alpha value is -1.88. The van der Waals surface area contributed by atoms with Crippen LogP contribution in [0.3, 0.4) is 0 Å². The van der Waals surface area contributed by atoms with Crippen LogP contribution in [0.25, 0.3) is 11.0 Å². The maximum absolute atomic E-state index is 11.3. The van der Waals surface area contributed by atoms with Crippen molar-refractivity contribution in [3.63, 3.8) is 0 Å². The maximum atomic E-state index is 11.3. The largest absolute Gasteiger partial charge is 0.481 e. The number of aromatic nitrogens is 1. The van der Waals surface area contributed by atoms with Crippen LogP contribution in [0.4, 0.5) is 0 Å². The third-order valence-electron chi connectivity index (χ3n) is 3.50. The Bertz CT molecular complexity index is 545. The summed E-state index contributed by atoms with van der Waals surface area (Å²) in [7, 11) is 0. The van der Waals surface area contributed by atoms with Gasteiger partial charge >= 0.3 is 5.97 Å². The van der Waals surface area contributed by atoms with Crippen LogP contribution in [0, 0.1) is 5.92 Å². The molecule has 0 bridgehead atoms. The molecule has 2 N–H and O–H groups in total. The van der Waals surface area contributed by atoms with Gasteiger partial charge in [0.1, 0.15) is 11.3 Å². The molecule has 0 radical (unpaired) electrons. The number of carbonyl (C=O) groups is 1. The summed E-state index contributed by atoms with van der Waals surface area (Å²) < 4.78 is 5.76. The Morgan fingerprint density at radius 3 is 3.22 bits per heavy atom. The second-order valence-corrected chi connectivity index (χ2v) is 4.61. The summed E-state index contributed by atoms with van der Waals surface area (Å²) in [6.45, 7) is 1.32. The van der Waals surface area contributed by atoms with E-state index in [9.17, 15) is 9.90 Å². The molecule has 3 heterocycles. The van der Waals surface area contributed by atoms with Crippen molar-refractivity contribution in [2.75, 3.05) is 13.1 Å². The number of hydrogen-bond acceptors (Lipinski definition) is 4. The van der Waals surface area contributed by atoms with Crippen molar-refractivity contribution in [3.05, 3.63) is 30.3 Å². The van der Waals surface area contributed by atoms with Crippen molar-refractivity contribution >= 4 is 16.9 Å². The number of hydrogen-bond donors (Lipinski definition) is 2. The maximum Gasteiger partial charge on any atom is 0.308 e. The first-order chi connectivity index (χ1) is 8.75. The number of carboxylic acid groups (broad SMARTS) is 1. The lowest BCUT2D eigenvalue weighted by molar-refractivity contribution is -0.143. The molecule has 2 aromatic heterocycles. The molecule has 0 aliphatic carbocycles. The average molecular weight is 246 g/mol. The van der Waals surface area contributed by atoms with E-state index in [1.165, 1.54) is 0 Å². The van der Waals surface area contributed by atoms with E-state index in [2.05, 4.69) is 10.3 Å². The molecule has 2 unspecified atom stereocenters. The van der Waals surface area contributed by atoms with Gasteiger partial charge in [-0.3, -0.25) is 9.78 Å². The fourth-order valence-electron chi connectivity index (χ4n) is 2.55. The van der Waals surface area contributed by atoms with Gasteiger partial charge in [-0.1, -0.05) is 0 Å². The molecule has 3 rings (SSSR count). The van der Waals surface area contributed by atoms with Crippen LogP contribution in [0.2, 0.25) is 0 Å². The predicted octanol–water partition coefficient (Wildman–Crippen LogP) is 1.61. The highest BCUT2D eigenvalue weighted by atomic mass is 16.4. The molecule has 18 heavy (non-hydrogen) atoms. The Labute approximate surface area is 104 Å². The molecule has 1 aliphatic heterocycles. The van der Waals surface area contributed by atoms with Crippen LogP contribution in [-0.2, 0) is 4.79 Å². The van der Waals surface area contributed by atoms with Crippen LogP contribution in [0.1, 0.15) is 18.1 Å². The molecule has 0 amide bonds. The second kappa shape index (κ2) is 4.42. The summed E-state index contributed by atoms with van der Waals surface area (Å²) in [5.41, 5.74) is 0.766. The first-order valence-corrected chi connectivity index (χ1v) is 6.02. The number of aliphatic carboxylic acids is 1. The molecule has 94 valence electrons. The summed E-state index contributed by atoms with van der Waals surface area (Å²) in [6.07, 6.45) is 4.19. The molecular weight excluding hydrogens is 232 g/mol. The molecule has 5 nitrogen and oxygen atoms in total. The van der Waals surface area contributed by atoms with E-state index in [0.717, 1.165) is 29.7 Å². The summed E-state index contributed by atoms with van der Waals surface area (Å²) in [5.74, 6) is -0.499. The van der Waals surface area contributed by atoms with Crippen molar-refractivity contribution in [1.82, 2.24) is 10.3 Å². The van der Waals surface area contributed by atoms with E-state index in [-0.39, 0.29) is 5.92 Å². The molecule has 5 heteroatoms. The molecule has 2 aromatic rings. The van der Waals surface area contributed by atoms with E-state index in [1.54, 1.807) is 18.5 Å². The fraction of sp³-hybridized carbons (Fsp3) is 0.385. The van der Waals surface area contributed by atoms with Crippen molar-refractivity contribution < 1.29 is 14.3 Å². The van der Waals surface area contributed by atoms with E-state index in [1.807, 2.05) is 6.07 Å². The third kappa shape index (κ3) is 1.86. The minimum Gasteiger partial charge on any atom is -0.481 e. The van der Waals surface area contributed by atoms with E-state index < -0.39 is 11.9 Å². The van der Waals surface area contributed by atoms with E-state index in [4.69, 9.17) is 4.42 Å². The lowest BCUT2D eigenvalue weighted by atomic mass is 9.84. The average Bonchev–Trinajstić information content (AvgIpc) is 2.82. The number of carboxylic acids is 1. The van der Waals surface area contributed by atoms with Crippen LogP contribution in [-0.4, -0.2) is 29.1 Å². The summed E-state index contributed by atoms with van der Waals surface area (Å²) in [4.78, 5) is 15.3. The molecule has 0 aromatic carbocycles. The van der Waals surface area contributed by atoms with Gasteiger partial charge in [-0.2, -0.15) is 0 Å². The first kappa shape index (κ1) is 11.2. The van der Waals surface area contributed by atoms with Crippen molar-refractivity contribution in [1.29, 1.82) is 0 Å². The van der Waals surface area contributed by atoms with E-state index in [0.29, 0.717) is 6.54 Å². The molecule has 1 saturated heterocycles. The molecule has 2 atom stereocenters. The van der Waals surface area contributed by atoms with Crippen molar-refractivity contribution in [2.45, 2.75) is 12.3 Å². The van der Waals surface area contributed by atoms with Gasteiger partial charge in [-0.05, 0) is 25.1 Å². The molecule has 0 saturated carbocycles. The minimum atomic E-state index is -0.772. The minimum absolute atomic E-state index is 0.0591. The monoisotopic (exact) mass is 246 g/mol. The number of nitrogens with one attached hydrogen (secondary N) is 1. The zero-order valence-corrected chi connectivity index (χ0v) is 9.80. The third-order valence-corrected chi connectivity index (χ3v) is 3.50. The highest BCUT2D eigenvalue weighted by molar-refractivity contribution is 5.77. The number of nitrogens with zero attached hydrogens (tertiary/aromatic N) is 1. The summed E-state index contributed by atoms with van der Waals surface area (Å²) in [5, 5.41) is 13.3. The number of rotatable bonds is 2. The fourth-order valence-corrected chi connectivity index (χ4v) is 2.55. The van der Waals surface area contributed by atoms with Gasteiger partial charge < -0.3 is 14.8 Å². The van der Waals surface area contributed by atoms with Crippen LogP contribution < -0.4 is 5.32 Å². The topological polar surface area (TPSA) is 75.4 Å². The Balaban J connectivity index is 1.98. The zero-order valence-electron chi connectivity index (χ0n) is 9.80. The number of pyridine rings is 1. The Morgan fingerprint density at radius 2 is 2.44 bits per heavy atom. The number of fused-ring (bicyclic) bond motifs is 1. The van der Waals surface area contributed by atoms with Crippen LogP contribution >= 0.6 is 0 Å². The van der Waals surface area contributed by atoms with Gasteiger partial charge in [-0.15, -0.1) is 0 Å². The van der Waals surface area contributed by atoms with Crippen LogP contribution in [0.15, 0.2) is 28.9 Å². The van der Waals surface area contributed by atoms with Gasteiger partial charge in [0.2, 0.25) is 0 Å². The standard InChI is InChI=1S/C13H14N2O3/c16-13(17)10-7-15-3-1-9(10)12-5-8-6-14-4-2-11(8)18-12/h2,4-6,9-10,15H,1,3,7H2,(H,16,17). The van der Waals surface area contributed by atoms with Gasteiger partial charge in [0, 0.05) is 30.2 Å². The molecule has 0 spiro atoms. The number of piperidine rings is 1. The Kier molecular flexibility index (Phi) is 2.76. The highest BCUT2D eigenvalue weighted by Crippen LogP contribution is 2.33. The van der Waals surface area contributed by atoms with Gasteiger partial charge in [0.05, 0.1) is 5.92 Å². The Morgan fingerprint density at radius 1 is 1.56 bits per heavy atom. The smallest absolute Gasteiger partial charge is 0.308 e. The quantitative estimate of drug-likeness (QED) is 0.841.